The van der Waals surface area contributed by atoms with Gasteiger partial charge in [-0.1, -0.05) is 0 Å². The molecule has 1 aliphatic heterocycles. The summed E-state index contributed by atoms with van der Waals surface area (Å²) in [7, 11) is 0. The third-order valence-electron chi connectivity index (χ3n) is 4.82. The monoisotopic (exact) mass is 371 g/mol. The van der Waals surface area contributed by atoms with Gasteiger partial charge in [0.05, 0.1) is 18.8 Å². The number of fused-ring (bicyclic) bond motifs is 1. The highest BCUT2D eigenvalue weighted by Crippen LogP contribution is 2.23. The molecule has 0 amide bonds. The van der Waals surface area contributed by atoms with Gasteiger partial charge in [0.25, 0.3) is 0 Å². The van der Waals surface area contributed by atoms with E-state index in [0.29, 0.717) is 41.7 Å². The van der Waals surface area contributed by atoms with Gasteiger partial charge in [-0.3, -0.25) is 9.98 Å². The second-order valence-electron chi connectivity index (χ2n) is 6.99. The fourth-order valence-electron chi connectivity index (χ4n) is 3.27. The number of nitrogens with zero attached hydrogens (tertiary/aromatic N) is 5. The van der Waals surface area contributed by atoms with Crippen molar-refractivity contribution in [1.29, 1.82) is 0 Å². The van der Waals surface area contributed by atoms with Gasteiger partial charge in [-0.25, -0.2) is 14.2 Å². The molecule has 1 saturated heterocycles. The van der Waals surface area contributed by atoms with Crippen molar-refractivity contribution in [2.45, 2.75) is 31.5 Å². The second kappa shape index (κ2) is 5.93. The summed E-state index contributed by atoms with van der Waals surface area (Å²) in [5.41, 5.74) is 0.953. The van der Waals surface area contributed by atoms with Crippen molar-refractivity contribution < 1.29 is 9.50 Å². The number of nitrogens with one attached hydrogen (secondary N) is 2. The summed E-state index contributed by atoms with van der Waals surface area (Å²) in [6.45, 7) is 0.914. The van der Waals surface area contributed by atoms with Crippen LogP contribution in [0.2, 0.25) is 0 Å². The van der Waals surface area contributed by atoms with Crippen LogP contribution in [-0.4, -0.2) is 55.0 Å². The van der Waals surface area contributed by atoms with Crippen molar-refractivity contribution in [2.75, 3.05) is 18.0 Å². The van der Waals surface area contributed by atoms with E-state index in [9.17, 15) is 14.3 Å². The minimum Gasteiger partial charge on any atom is -0.493 e. The quantitative estimate of drug-likeness (QED) is 0.580. The first-order chi connectivity index (χ1) is 13.1. The van der Waals surface area contributed by atoms with Crippen LogP contribution in [0.3, 0.4) is 0 Å². The summed E-state index contributed by atoms with van der Waals surface area (Å²) in [4.78, 5) is 27.4. The smallest absolute Gasteiger partial charge is 0.326 e. The molecule has 3 aromatic heterocycles. The molecule has 27 heavy (non-hydrogen) atoms. The molecular formula is C17H18FN7O2. The van der Waals surface area contributed by atoms with E-state index in [1.54, 1.807) is 16.8 Å². The lowest BCUT2D eigenvalue weighted by Crippen LogP contribution is -2.26. The van der Waals surface area contributed by atoms with Gasteiger partial charge in [-0.05, 0) is 25.3 Å². The molecule has 2 fully saturated rings. The zero-order chi connectivity index (χ0) is 18.5. The van der Waals surface area contributed by atoms with Crippen LogP contribution in [0, 0.1) is 0 Å². The molecule has 1 saturated carbocycles. The lowest BCUT2D eigenvalue weighted by molar-refractivity contribution is 0.364. The molecule has 0 bridgehead atoms. The number of rotatable bonds is 3. The summed E-state index contributed by atoms with van der Waals surface area (Å²) >= 11 is 0. The molecule has 1 atom stereocenters. The number of hydrogen-bond acceptors (Lipinski definition) is 6. The fraction of sp³-hybridized carbons (Fsp3) is 0.412. The van der Waals surface area contributed by atoms with Gasteiger partial charge in [-0.2, -0.15) is 9.61 Å². The Hall–Kier alpha value is -3.17. The topological polar surface area (TPSA) is 115 Å². The molecular weight excluding hydrogens is 353 g/mol. The summed E-state index contributed by atoms with van der Waals surface area (Å²) in [6.07, 6.45) is 4.92. The van der Waals surface area contributed by atoms with Crippen molar-refractivity contribution >= 4 is 17.5 Å². The SMILES string of the molecule is O=c1[nH]c(O)c(C=c2cnn3c(=NC4CC4)cc(N4CCC(F)C4)nc23)[nH]1. The highest BCUT2D eigenvalue weighted by atomic mass is 19.1. The predicted octanol–water partition coefficient (Wildman–Crippen LogP) is -0.390. The van der Waals surface area contributed by atoms with Crippen LogP contribution in [0.4, 0.5) is 10.2 Å². The Morgan fingerprint density at radius 3 is 2.85 bits per heavy atom. The lowest BCUT2D eigenvalue weighted by Gasteiger charge is -2.16. The molecule has 3 aromatic rings. The van der Waals surface area contributed by atoms with E-state index in [2.05, 4.69) is 20.1 Å². The molecule has 10 heteroatoms. The maximum absolute atomic E-state index is 13.7. The first-order valence-electron chi connectivity index (χ1n) is 8.91. The Morgan fingerprint density at radius 2 is 2.19 bits per heavy atom. The summed E-state index contributed by atoms with van der Waals surface area (Å²) < 4.78 is 15.3. The number of imidazole rings is 1. The van der Waals surface area contributed by atoms with E-state index in [1.807, 2.05) is 11.0 Å². The van der Waals surface area contributed by atoms with E-state index >= 15 is 0 Å². The third-order valence-corrected chi connectivity index (χ3v) is 4.82. The van der Waals surface area contributed by atoms with Crippen LogP contribution in [-0.2, 0) is 0 Å². The standard InChI is InChI=1S/C17H18FN7O2/c18-10-3-4-24(8-10)13-6-14(20-11-1-2-11)25-15(22-13)9(7-19-25)5-12-16(26)23-17(27)21-12/h5-7,10-11,26H,1-4,8H2,(H2,21,23,27). The second-order valence-corrected chi connectivity index (χ2v) is 6.99. The summed E-state index contributed by atoms with van der Waals surface area (Å²) in [5.74, 6) is 0.405. The van der Waals surface area contributed by atoms with E-state index < -0.39 is 11.9 Å². The zero-order valence-corrected chi connectivity index (χ0v) is 14.4. The molecule has 2 aliphatic rings. The Bertz CT molecular complexity index is 1190. The van der Waals surface area contributed by atoms with Crippen LogP contribution < -0.4 is 21.3 Å². The fourth-order valence-corrected chi connectivity index (χ4v) is 3.27. The molecule has 0 aromatic carbocycles. The Kier molecular flexibility index (Phi) is 3.52. The first kappa shape index (κ1) is 16.0. The van der Waals surface area contributed by atoms with Crippen molar-refractivity contribution in [3.8, 4) is 5.88 Å². The number of aromatic amines is 2. The van der Waals surface area contributed by atoms with E-state index in [-0.39, 0.29) is 17.6 Å². The largest absolute Gasteiger partial charge is 0.493 e. The minimum atomic E-state index is -0.857. The average molecular weight is 371 g/mol. The Balaban J connectivity index is 1.71. The van der Waals surface area contributed by atoms with Crippen molar-refractivity contribution in [1.82, 2.24) is 24.6 Å². The van der Waals surface area contributed by atoms with E-state index in [4.69, 9.17) is 4.99 Å². The normalized spacial score (nSPS) is 21.7. The maximum Gasteiger partial charge on any atom is 0.326 e. The number of aromatic hydroxyl groups is 1. The van der Waals surface area contributed by atoms with Crippen LogP contribution in [0.1, 0.15) is 25.0 Å². The van der Waals surface area contributed by atoms with Crippen molar-refractivity contribution in [3.05, 3.63) is 39.1 Å². The number of alkyl halides is 1. The molecule has 5 rings (SSSR count). The lowest BCUT2D eigenvalue weighted by atomic mass is 10.3. The van der Waals surface area contributed by atoms with Crippen molar-refractivity contribution in [3.63, 3.8) is 0 Å². The van der Waals surface area contributed by atoms with E-state index in [1.165, 1.54) is 0 Å². The van der Waals surface area contributed by atoms with Crippen LogP contribution >= 0.6 is 0 Å². The van der Waals surface area contributed by atoms with Gasteiger partial charge in [0.2, 0.25) is 5.88 Å². The third kappa shape index (κ3) is 2.96. The van der Waals surface area contributed by atoms with Gasteiger partial charge >= 0.3 is 5.69 Å². The number of halogens is 1. The van der Waals surface area contributed by atoms with E-state index in [0.717, 1.165) is 12.8 Å². The number of H-pyrrole nitrogens is 2. The molecule has 1 aliphatic carbocycles. The highest BCUT2D eigenvalue weighted by molar-refractivity contribution is 5.58. The summed E-state index contributed by atoms with van der Waals surface area (Å²) in [6, 6.07) is 2.13. The zero-order valence-electron chi connectivity index (χ0n) is 14.4. The maximum atomic E-state index is 13.7. The number of aromatic nitrogens is 5. The Labute approximate surface area is 151 Å². The summed E-state index contributed by atoms with van der Waals surface area (Å²) in [5, 5.41) is 14.8. The minimum absolute atomic E-state index is 0.243. The average Bonchev–Trinajstić information content (AvgIpc) is 3.04. The Morgan fingerprint density at radius 1 is 1.33 bits per heavy atom. The number of anilines is 1. The molecule has 0 spiro atoms. The molecule has 1 unspecified atom stereocenters. The number of hydrogen-bond donors (Lipinski definition) is 3. The molecule has 140 valence electrons. The van der Waals surface area contributed by atoms with Crippen LogP contribution in [0.15, 0.2) is 22.1 Å². The van der Waals surface area contributed by atoms with Gasteiger partial charge in [0.1, 0.15) is 17.7 Å². The van der Waals surface area contributed by atoms with Gasteiger partial charge in [0, 0.05) is 17.8 Å². The molecule has 0 radical (unpaired) electrons. The van der Waals surface area contributed by atoms with Gasteiger partial charge in [0.15, 0.2) is 11.1 Å². The van der Waals surface area contributed by atoms with Crippen LogP contribution in [0.25, 0.3) is 11.7 Å². The highest BCUT2D eigenvalue weighted by Gasteiger charge is 2.25. The van der Waals surface area contributed by atoms with Gasteiger partial charge in [-0.15, -0.1) is 0 Å². The first-order valence-corrected chi connectivity index (χ1v) is 8.91. The van der Waals surface area contributed by atoms with Gasteiger partial charge < -0.3 is 15.0 Å². The predicted molar refractivity (Wildman–Crippen MR) is 95.2 cm³/mol. The van der Waals surface area contributed by atoms with Crippen molar-refractivity contribution in [2.24, 2.45) is 4.99 Å². The molecule has 3 N–H and O–H groups in total. The van der Waals surface area contributed by atoms with Crippen LogP contribution in [0.5, 0.6) is 5.88 Å². The molecule has 9 nitrogen and oxygen atoms in total. The molecule has 4 heterocycles.